The van der Waals surface area contributed by atoms with Gasteiger partial charge in [0, 0.05) is 5.56 Å². The van der Waals surface area contributed by atoms with E-state index in [1.807, 2.05) is 19.1 Å². The minimum absolute atomic E-state index is 0.460. The van der Waals surface area contributed by atoms with Crippen LogP contribution < -0.4 is 14.2 Å². The van der Waals surface area contributed by atoms with Crippen LogP contribution in [-0.4, -0.2) is 20.8 Å². The molecule has 1 rings (SSSR count). The molecule has 0 N–H and O–H groups in total. The van der Waals surface area contributed by atoms with E-state index in [-0.39, 0.29) is 0 Å². The van der Waals surface area contributed by atoms with Crippen LogP contribution in [0, 0.1) is 6.92 Å². The summed E-state index contributed by atoms with van der Waals surface area (Å²) in [7, 11) is 3.24. The quantitative estimate of drug-likeness (QED) is 0.696. The molecule has 0 radical (unpaired) electrons. The summed E-state index contributed by atoms with van der Waals surface area (Å²) in [6.07, 6.45) is 1.69. The molecule has 0 amide bonds. The van der Waals surface area contributed by atoms with Gasteiger partial charge in [0.1, 0.15) is 12.4 Å². The van der Waals surface area contributed by atoms with Crippen LogP contribution in [0.1, 0.15) is 5.56 Å². The first-order valence-corrected chi connectivity index (χ1v) is 4.69. The number of hydrogen-bond acceptors (Lipinski definition) is 3. The maximum absolute atomic E-state index is 5.46. The van der Waals surface area contributed by atoms with Crippen molar-refractivity contribution >= 4 is 0 Å². The monoisotopic (exact) mass is 208 g/mol. The Morgan fingerprint density at radius 3 is 2.40 bits per heavy atom. The van der Waals surface area contributed by atoms with E-state index in [2.05, 4.69) is 6.58 Å². The summed E-state index contributed by atoms with van der Waals surface area (Å²) in [4.78, 5) is 0. The molecule has 0 heterocycles. The molecule has 0 aliphatic heterocycles. The fourth-order valence-corrected chi connectivity index (χ4v) is 1.39. The van der Waals surface area contributed by atoms with Gasteiger partial charge in [0.05, 0.1) is 14.2 Å². The van der Waals surface area contributed by atoms with Crippen LogP contribution in [0.5, 0.6) is 17.2 Å². The van der Waals surface area contributed by atoms with E-state index in [1.165, 1.54) is 0 Å². The van der Waals surface area contributed by atoms with Gasteiger partial charge in [-0.25, -0.2) is 0 Å². The Morgan fingerprint density at radius 1 is 1.20 bits per heavy atom. The molecule has 0 aliphatic carbocycles. The average Bonchev–Trinajstić information content (AvgIpc) is 2.26. The number of benzene rings is 1. The fraction of sp³-hybridized carbons (Fsp3) is 0.333. The van der Waals surface area contributed by atoms with Gasteiger partial charge < -0.3 is 14.2 Å². The van der Waals surface area contributed by atoms with Gasteiger partial charge in [-0.2, -0.15) is 0 Å². The van der Waals surface area contributed by atoms with Crippen LogP contribution in [0.25, 0.3) is 0 Å². The molecule has 3 heteroatoms. The highest BCUT2D eigenvalue weighted by atomic mass is 16.5. The third-order valence-corrected chi connectivity index (χ3v) is 2.10. The Morgan fingerprint density at radius 2 is 1.87 bits per heavy atom. The highest BCUT2D eigenvalue weighted by Crippen LogP contribution is 2.36. The van der Waals surface area contributed by atoms with Crippen LogP contribution in [0.15, 0.2) is 24.8 Å². The van der Waals surface area contributed by atoms with Gasteiger partial charge in [0.25, 0.3) is 0 Å². The molecule has 0 aliphatic rings. The second-order valence-corrected chi connectivity index (χ2v) is 3.02. The standard InChI is InChI=1S/C12H16O3/c1-5-8-15-11-7-6-10(13-3)9(2)12(11)14-4/h5-7H,1,8H2,2-4H3. The van der Waals surface area contributed by atoms with Crippen LogP contribution >= 0.6 is 0 Å². The van der Waals surface area contributed by atoms with E-state index < -0.39 is 0 Å². The molecule has 0 aromatic heterocycles. The van der Waals surface area contributed by atoms with Crippen LogP contribution in [0.3, 0.4) is 0 Å². The molecule has 0 atom stereocenters. The smallest absolute Gasteiger partial charge is 0.167 e. The van der Waals surface area contributed by atoms with Gasteiger partial charge >= 0.3 is 0 Å². The van der Waals surface area contributed by atoms with Crippen LogP contribution in [0.4, 0.5) is 0 Å². The van der Waals surface area contributed by atoms with Crippen molar-refractivity contribution in [1.82, 2.24) is 0 Å². The summed E-state index contributed by atoms with van der Waals surface area (Å²) in [5.41, 5.74) is 0.932. The Kier molecular flexibility index (Phi) is 4.03. The molecule has 0 spiro atoms. The molecule has 3 nitrogen and oxygen atoms in total. The molecule has 1 aromatic carbocycles. The Labute approximate surface area is 90.3 Å². The van der Waals surface area contributed by atoms with Crippen molar-refractivity contribution in [2.75, 3.05) is 20.8 Å². The minimum atomic E-state index is 0.460. The molecule has 82 valence electrons. The summed E-state index contributed by atoms with van der Waals surface area (Å²) in [6, 6.07) is 3.68. The van der Waals surface area contributed by atoms with Gasteiger partial charge in [-0.1, -0.05) is 12.7 Å². The van der Waals surface area contributed by atoms with Crippen molar-refractivity contribution in [3.05, 3.63) is 30.4 Å². The first kappa shape index (κ1) is 11.4. The molecule has 0 unspecified atom stereocenters. The topological polar surface area (TPSA) is 27.7 Å². The normalized spacial score (nSPS) is 9.53. The third-order valence-electron chi connectivity index (χ3n) is 2.10. The highest BCUT2D eigenvalue weighted by Gasteiger charge is 2.11. The lowest BCUT2D eigenvalue weighted by Crippen LogP contribution is -1.99. The van der Waals surface area contributed by atoms with E-state index in [0.29, 0.717) is 18.1 Å². The Hall–Kier alpha value is -1.64. The number of hydrogen-bond donors (Lipinski definition) is 0. The lowest BCUT2D eigenvalue weighted by molar-refractivity contribution is 0.321. The van der Waals surface area contributed by atoms with Crippen molar-refractivity contribution in [2.24, 2.45) is 0 Å². The van der Waals surface area contributed by atoms with E-state index >= 15 is 0 Å². The predicted octanol–water partition coefficient (Wildman–Crippen LogP) is 2.58. The highest BCUT2D eigenvalue weighted by molar-refractivity contribution is 5.53. The molecule has 0 saturated carbocycles. The lowest BCUT2D eigenvalue weighted by Gasteiger charge is -2.14. The molecule has 1 aromatic rings. The number of methoxy groups -OCH3 is 2. The summed E-state index contributed by atoms with van der Waals surface area (Å²) in [5, 5.41) is 0. The zero-order chi connectivity index (χ0) is 11.3. The fourth-order valence-electron chi connectivity index (χ4n) is 1.39. The maximum atomic E-state index is 5.46. The molecular formula is C12H16O3. The van der Waals surface area contributed by atoms with Gasteiger partial charge in [-0.3, -0.25) is 0 Å². The first-order valence-electron chi connectivity index (χ1n) is 4.69. The van der Waals surface area contributed by atoms with Crippen molar-refractivity contribution in [2.45, 2.75) is 6.92 Å². The molecule has 0 saturated heterocycles. The second-order valence-electron chi connectivity index (χ2n) is 3.02. The van der Waals surface area contributed by atoms with Gasteiger partial charge in [-0.15, -0.1) is 0 Å². The summed E-state index contributed by atoms with van der Waals surface area (Å²) in [5.74, 6) is 2.20. The van der Waals surface area contributed by atoms with Gasteiger partial charge in [-0.05, 0) is 19.1 Å². The van der Waals surface area contributed by atoms with Crippen molar-refractivity contribution in [1.29, 1.82) is 0 Å². The lowest BCUT2D eigenvalue weighted by atomic mass is 10.2. The van der Waals surface area contributed by atoms with E-state index in [1.54, 1.807) is 20.3 Å². The maximum Gasteiger partial charge on any atom is 0.167 e. The molecule has 0 fully saturated rings. The Bertz CT molecular complexity index is 345. The van der Waals surface area contributed by atoms with Gasteiger partial charge in [0.2, 0.25) is 0 Å². The molecule has 15 heavy (non-hydrogen) atoms. The first-order chi connectivity index (χ1) is 7.24. The second kappa shape index (κ2) is 5.29. The van der Waals surface area contributed by atoms with E-state index in [4.69, 9.17) is 14.2 Å². The SMILES string of the molecule is C=CCOc1ccc(OC)c(C)c1OC. The molecular weight excluding hydrogens is 192 g/mol. The summed E-state index contributed by atoms with van der Waals surface area (Å²) < 4.78 is 15.9. The van der Waals surface area contributed by atoms with E-state index in [9.17, 15) is 0 Å². The zero-order valence-corrected chi connectivity index (χ0v) is 9.37. The summed E-state index contributed by atoms with van der Waals surface area (Å²) >= 11 is 0. The summed E-state index contributed by atoms with van der Waals surface area (Å²) in [6.45, 7) is 5.99. The van der Waals surface area contributed by atoms with E-state index in [0.717, 1.165) is 11.3 Å². The minimum Gasteiger partial charge on any atom is -0.496 e. The predicted molar refractivity (Wildman–Crippen MR) is 60.0 cm³/mol. The Balaban J connectivity index is 3.06. The number of rotatable bonds is 5. The van der Waals surface area contributed by atoms with Gasteiger partial charge in [0.15, 0.2) is 11.5 Å². The third kappa shape index (κ3) is 2.43. The zero-order valence-electron chi connectivity index (χ0n) is 9.37. The van der Waals surface area contributed by atoms with Crippen molar-refractivity contribution in [3.63, 3.8) is 0 Å². The largest absolute Gasteiger partial charge is 0.496 e. The van der Waals surface area contributed by atoms with Crippen LogP contribution in [-0.2, 0) is 0 Å². The molecule has 0 bridgehead atoms. The van der Waals surface area contributed by atoms with Crippen molar-refractivity contribution in [3.8, 4) is 17.2 Å². The van der Waals surface area contributed by atoms with Crippen LogP contribution in [0.2, 0.25) is 0 Å². The average molecular weight is 208 g/mol. The van der Waals surface area contributed by atoms with Crippen molar-refractivity contribution < 1.29 is 14.2 Å². The number of ether oxygens (including phenoxy) is 3.